The van der Waals surface area contributed by atoms with Crippen molar-refractivity contribution in [3.8, 4) is 5.75 Å². The number of benzene rings is 1. The Balaban J connectivity index is 1.95. The smallest absolute Gasteiger partial charge is 0.328 e. The second kappa shape index (κ2) is 6.47. The van der Waals surface area contributed by atoms with Crippen LogP contribution in [0.1, 0.15) is 11.1 Å². The molecule has 0 saturated heterocycles. The molecule has 0 bridgehead atoms. The molecule has 0 aliphatic carbocycles. The van der Waals surface area contributed by atoms with Gasteiger partial charge < -0.3 is 9.84 Å². The molecule has 2 aromatic rings. The normalized spacial score (nSPS) is 10.7. The summed E-state index contributed by atoms with van der Waals surface area (Å²) in [5.41, 5.74) is 1.40. The van der Waals surface area contributed by atoms with Crippen LogP contribution in [0.5, 0.6) is 5.75 Å². The molecule has 0 aliphatic heterocycles. The Labute approximate surface area is 115 Å². The van der Waals surface area contributed by atoms with Crippen LogP contribution in [0.2, 0.25) is 0 Å². The van der Waals surface area contributed by atoms with Crippen LogP contribution in [0.4, 0.5) is 4.39 Å². The number of carboxylic acid groups (broad SMARTS) is 1. The molecule has 4 nitrogen and oxygen atoms in total. The third-order valence-electron chi connectivity index (χ3n) is 2.47. The Kier molecular flexibility index (Phi) is 4.44. The molecule has 0 unspecified atom stereocenters. The number of hydrogen-bond acceptors (Lipinski definition) is 3. The Hall–Kier alpha value is -2.69. The van der Waals surface area contributed by atoms with Gasteiger partial charge in [0.1, 0.15) is 18.2 Å². The van der Waals surface area contributed by atoms with Crippen molar-refractivity contribution in [2.45, 2.75) is 6.61 Å². The number of nitrogens with zero attached hydrogens (tertiary/aromatic N) is 1. The first-order valence-corrected chi connectivity index (χ1v) is 5.87. The van der Waals surface area contributed by atoms with Gasteiger partial charge in [0.25, 0.3) is 0 Å². The molecular weight excluding hydrogens is 261 g/mol. The first kappa shape index (κ1) is 13.7. The van der Waals surface area contributed by atoms with Gasteiger partial charge in [0.15, 0.2) is 0 Å². The molecule has 0 atom stereocenters. The Morgan fingerprint density at radius 2 is 2.05 bits per heavy atom. The molecule has 0 fully saturated rings. The highest BCUT2D eigenvalue weighted by atomic mass is 19.1. The Bertz CT molecular complexity index is 623. The van der Waals surface area contributed by atoms with Gasteiger partial charge in [-0.25, -0.2) is 9.18 Å². The van der Waals surface area contributed by atoms with E-state index in [0.717, 1.165) is 17.8 Å². The van der Waals surface area contributed by atoms with E-state index < -0.39 is 11.8 Å². The van der Waals surface area contributed by atoms with Crippen molar-refractivity contribution in [3.63, 3.8) is 0 Å². The average Bonchev–Trinajstić information content (AvgIpc) is 2.44. The fourth-order valence-corrected chi connectivity index (χ4v) is 1.54. The van der Waals surface area contributed by atoms with Crippen LogP contribution in [0.25, 0.3) is 6.08 Å². The van der Waals surface area contributed by atoms with Gasteiger partial charge in [-0.2, -0.15) is 0 Å². The summed E-state index contributed by atoms with van der Waals surface area (Å²) >= 11 is 0. The molecule has 1 aromatic carbocycles. The van der Waals surface area contributed by atoms with Crippen molar-refractivity contribution < 1.29 is 19.0 Å². The SMILES string of the molecule is O=C(O)/C=C/c1ccc(OCc2cncc(F)c2)cc1. The molecule has 0 spiro atoms. The number of carbonyl (C=O) groups is 1. The molecule has 0 amide bonds. The van der Waals surface area contributed by atoms with E-state index in [4.69, 9.17) is 9.84 Å². The molecule has 20 heavy (non-hydrogen) atoms. The highest BCUT2D eigenvalue weighted by molar-refractivity contribution is 5.85. The van der Waals surface area contributed by atoms with Gasteiger partial charge in [0.05, 0.1) is 6.20 Å². The van der Waals surface area contributed by atoms with Crippen LogP contribution >= 0.6 is 0 Å². The maximum Gasteiger partial charge on any atom is 0.328 e. The Morgan fingerprint density at radius 3 is 2.70 bits per heavy atom. The largest absolute Gasteiger partial charge is 0.489 e. The van der Waals surface area contributed by atoms with Crippen LogP contribution in [0.3, 0.4) is 0 Å². The zero-order valence-corrected chi connectivity index (χ0v) is 10.5. The highest BCUT2D eigenvalue weighted by Crippen LogP contribution is 2.15. The maximum atomic E-state index is 12.9. The van der Waals surface area contributed by atoms with E-state index in [1.807, 2.05) is 0 Å². The quantitative estimate of drug-likeness (QED) is 0.851. The van der Waals surface area contributed by atoms with Crippen LogP contribution in [-0.2, 0) is 11.4 Å². The number of hydrogen-bond donors (Lipinski definition) is 1. The van der Waals surface area contributed by atoms with E-state index >= 15 is 0 Å². The summed E-state index contributed by atoms with van der Waals surface area (Å²) in [4.78, 5) is 14.1. The molecule has 1 aromatic heterocycles. The number of halogens is 1. The van der Waals surface area contributed by atoms with E-state index in [9.17, 15) is 9.18 Å². The minimum absolute atomic E-state index is 0.217. The molecular formula is C15H12FNO3. The minimum atomic E-state index is -0.996. The minimum Gasteiger partial charge on any atom is -0.489 e. The lowest BCUT2D eigenvalue weighted by Gasteiger charge is -2.06. The van der Waals surface area contributed by atoms with Crippen molar-refractivity contribution >= 4 is 12.0 Å². The van der Waals surface area contributed by atoms with Gasteiger partial charge in [-0.05, 0) is 29.8 Å². The first-order chi connectivity index (χ1) is 9.63. The summed E-state index contributed by atoms with van der Waals surface area (Å²) in [6.07, 6.45) is 5.22. The van der Waals surface area contributed by atoms with Crippen LogP contribution in [0, 0.1) is 5.82 Å². The van der Waals surface area contributed by atoms with Gasteiger partial charge in [-0.15, -0.1) is 0 Å². The molecule has 0 saturated carbocycles. The zero-order chi connectivity index (χ0) is 14.4. The van der Waals surface area contributed by atoms with E-state index in [1.54, 1.807) is 24.3 Å². The van der Waals surface area contributed by atoms with E-state index in [-0.39, 0.29) is 6.61 Å². The lowest BCUT2D eigenvalue weighted by Crippen LogP contribution is -1.96. The number of aromatic nitrogens is 1. The summed E-state index contributed by atoms with van der Waals surface area (Å²) < 4.78 is 18.4. The second-order valence-electron chi connectivity index (χ2n) is 4.04. The predicted molar refractivity (Wildman–Crippen MR) is 71.6 cm³/mol. The lowest BCUT2D eigenvalue weighted by atomic mass is 10.2. The molecule has 1 N–H and O–H groups in total. The predicted octanol–water partition coefficient (Wildman–Crippen LogP) is 2.90. The summed E-state index contributed by atoms with van der Waals surface area (Å²) in [6.45, 7) is 0.217. The van der Waals surface area contributed by atoms with Gasteiger partial charge in [-0.1, -0.05) is 12.1 Å². The molecule has 0 radical (unpaired) electrons. The van der Waals surface area contributed by atoms with Crippen molar-refractivity contribution in [1.29, 1.82) is 0 Å². The standard InChI is InChI=1S/C15H12FNO3/c16-13-7-12(8-17-9-13)10-20-14-4-1-11(2-5-14)3-6-15(18)19/h1-9H,10H2,(H,18,19)/b6-3+. The fourth-order valence-electron chi connectivity index (χ4n) is 1.54. The summed E-state index contributed by atoms with van der Waals surface area (Å²) in [5, 5.41) is 8.51. The number of carboxylic acids is 1. The second-order valence-corrected chi connectivity index (χ2v) is 4.04. The number of ether oxygens (including phenoxy) is 1. The van der Waals surface area contributed by atoms with Gasteiger partial charge in [-0.3, -0.25) is 4.98 Å². The van der Waals surface area contributed by atoms with Crippen LogP contribution < -0.4 is 4.74 Å². The highest BCUT2D eigenvalue weighted by Gasteiger charge is 1.98. The topological polar surface area (TPSA) is 59.4 Å². The molecule has 102 valence electrons. The summed E-state index contributed by atoms with van der Waals surface area (Å²) in [6, 6.07) is 8.26. The zero-order valence-electron chi connectivity index (χ0n) is 10.5. The van der Waals surface area contributed by atoms with Gasteiger partial charge >= 0.3 is 5.97 Å². The number of aliphatic carboxylic acids is 1. The summed E-state index contributed by atoms with van der Waals surface area (Å²) in [5.74, 6) is -0.786. The van der Waals surface area contributed by atoms with E-state index in [0.29, 0.717) is 11.3 Å². The number of pyridine rings is 1. The molecule has 2 rings (SSSR count). The van der Waals surface area contributed by atoms with Crippen molar-refractivity contribution in [3.05, 3.63) is 65.7 Å². The lowest BCUT2D eigenvalue weighted by molar-refractivity contribution is -0.131. The number of rotatable bonds is 5. The Morgan fingerprint density at radius 1 is 1.30 bits per heavy atom. The third-order valence-corrected chi connectivity index (χ3v) is 2.47. The van der Waals surface area contributed by atoms with Crippen molar-refractivity contribution in [2.75, 3.05) is 0 Å². The van der Waals surface area contributed by atoms with Crippen LogP contribution in [0.15, 0.2) is 48.8 Å². The summed E-state index contributed by atoms with van der Waals surface area (Å²) in [7, 11) is 0. The fraction of sp³-hybridized carbons (Fsp3) is 0.0667. The van der Waals surface area contributed by atoms with E-state index in [2.05, 4.69) is 4.98 Å². The van der Waals surface area contributed by atoms with E-state index in [1.165, 1.54) is 18.3 Å². The van der Waals surface area contributed by atoms with Gasteiger partial charge in [0.2, 0.25) is 0 Å². The van der Waals surface area contributed by atoms with Crippen LogP contribution in [-0.4, -0.2) is 16.1 Å². The molecule has 0 aliphatic rings. The van der Waals surface area contributed by atoms with Crippen molar-refractivity contribution in [1.82, 2.24) is 4.98 Å². The monoisotopic (exact) mass is 273 g/mol. The maximum absolute atomic E-state index is 12.9. The molecule has 1 heterocycles. The van der Waals surface area contributed by atoms with Crippen molar-refractivity contribution in [2.24, 2.45) is 0 Å². The third kappa shape index (κ3) is 4.20. The van der Waals surface area contributed by atoms with Gasteiger partial charge in [0, 0.05) is 17.8 Å². The average molecular weight is 273 g/mol. The first-order valence-electron chi connectivity index (χ1n) is 5.87. The molecule has 5 heteroatoms.